The Balaban J connectivity index is 1.85. The van der Waals surface area contributed by atoms with Gasteiger partial charge in [-0.1, -0.05) is 0 Å². The lowest BCUT2D eigenvalue weighted by molar-refractivity contribution is -0.142. The highest BCUT2D eigenvalue weighted by Gasteiger charge is 2.08. The van der Waals surface area contributed by atoms with Crippen LogP contribution in [0.15, 0.2) is 11.6 Å². The standard InChI is InChI=1S/C12H15N3O2S2/c1-3-17-11(16)4-9-7-18-12(15-9)14-6-10-13-5-8(2)19-10/h5,7H,3-4,6H2,1-2H3,(H,14,15). The van der Waals surface area contributed by atoms with Crippen molar-refractivity contribution in [3.8, 4) is 0 Å². The minimum absolute atomic E-state index is 0.225. The molecule has 0 aliphatic heterocycles. The number of nitrogens with zero attached hydrogens (tertiary/aromatic N) is 2. The van der Waals surface area contributed by atoms with Gasteiger partial charge in [-0.15, -0.1) is 22.7 Å². The lowest BCUT2D eigenvalue weighted by Gasteiger charge is -1.99. The van der Waals surface area contributed by atoms with Crippen molar-refractivity contribution in [1.82, 2.24) is 9.97 Å². The lowest BCUT2D eigenvalue weighted by Crippen LogP contribution is -2.07. The van der Waals surface area contributed by atoms with Crippen molar-refractivity contribution in [2.45, 2.75) is 26.8 Å². The molecule has 19 heavy (non-hydrogen) atoms. The third-order valence-electron chi connectivity index (χ3n) is 2.24. The SMILES string of the molecule is CCOC(=O)Cc1csc(NCc2ncc(C)s2)n1. The third kappa shape index (κ3) is 4.29. The summed E-state index contributed by atoms with van der Waals surface area (Å²) in [5.41, 5.74) is 0.737. The lowest BCUT2D eigenvalue weighted by atomic mass is 10.3. The van der Waals surface area contributed by atoms with Crippen molar-refractivity contribution >= 4 is 33.8 Å². The fourth-order valence-corrected chi connectivity index (χ4v) is 2.90. The van der Waals surface area contributed by atoms with Crippen molar-refractivity contribution in [1.29, 1.82) is 0 Å². The zero-order chi connectivity index (χ0) is 13.7. The molecule has 0 bridgehead atoms. The van der Waals surface area contributed by atoms with Crippen LogP contribution in [0, 0.1) is 6.92 Å². The minimum atomic E-state index is -0.241. The number of aryl methyl sites for hydroxylation is 1. The molecule has 2 heterocycles. The van der Waals surface area contributed by atoms with E-state index in [0.29, 0.717) is 13.2 Å². The third-order valence-corrected chi connectivity index (χ3v) is 4.00. The van der Waals surface area contributed by atoms with Gasteiger partial charge in [0.25, 0.3) is 0 Å². The maximum atomic E-state index is 11.3. The Bertz CT molecular complexity index is 551. The zero-order valence-corrected chi connectivity index (χ0v) is 12.4. The number of anilines is 1. The molecule has 7 heteroatoms. The van der Waals surface area contributed by atoms with E-state index in [4.69, 9.17) is 4.74 Å². The van der Waals surface area contributed by atoms with Crippen molar-refractivity contribution in [2.24, 2.45) is 0 Å². The molecule has 102 valence electrons. The quantitative estimate of drug-likeness (QED) is 0.830. The Labute approximate surface area is 119 Å². The van der Waals surface area contributed by atoms with Crippen LogP contribution in [0.1, 0.15) is 22.5 Å². The Morgan fingerprint density at radius 3 is 3.05 bits per heavy atom. The molecule has 0 aromatic carbocycles. The molecule has 0 unspecified atom stereocenters. The van der Waals surface area contributed by atoms with Gasteiger partial charge >= 0.3 is 5.97 Å². The number of hydrogen-bond acceptors (Lipinski definition) is 7. The monoisotopic (exact) mass is 297 g/mol. The Kier molecular flexibility index (Phi) is 4.86. The highest BCUT2D eigenvalue weighted by atomic mass is 32.1. The fraction of sp³-hybridized carbons (Fsp3) is 0.417. The van der Waals surface area contributed by atoms with Crippen molar-refractivity contribution in [2.75, 3.05) is 11.9 Å². The van der Waals surface area contributed by atoms with E-state index in [-0.39, 0.29) is 12.4 Å². The summed E-state index contributed by atoms with van der Waals surface area (Å²) in [7, 11) is 0. The van der Waals surface area contributed by atoms with Crippen LogP contribution in [0.2, 0.25) is 0 Å². The van der Waals surface area contributed by atoms with Crippen LogP contribution in [0.3, 0.4) is 0 Å². The predicted molar refractivity (Wildman–Crippen MR) is 76.6 cm³/mol. The molecular weight excluding hydrogens is 282 g/mol. The van der Waals surface area contributed by atoms with E-state index in [0.717, 1.165) is 15.8 Å². The highest BCUT2D eigenvalue weighted by molar-refractivity contribution is 7.13. The van der Waals surface area contributed by atoms with E-state index in [1.165, 1.54) is 16.2 Å². The van der Waals surface area contributed by atoms with Crippen molar-refractivity contribution in [3.05, 3.63) is 27.2 Å². The number of aromatic nitrogens is 2. The van der Waals surface area contributed by atoms with E-state index in [1.807, 2.05) is 18.5 Å². The van der Waals surface area contributed by atoms with Crippen LogP contribution in [0.5, 0.6) is 0 Å². The van der Waals surface area contributed by atoms with E-state index < -0.39 is 0 Å². The first-order valence-electron chi connectivity index (χ1n) is 5.92. The number of hydrogen-bond donors (Lipinski definition) is 1. The Hall–Kier alpha value is -1.47. The van der Waals surface area contributed by atoms with Crippen LogP contribution in [0.4, 0.5) is 5.13 Å². The molecule has 0 aliphatic carbocycles. The normalized spacial score (nSPS) is 10.4. The number of esters is 1. The van der Waals surface area contributed by atoms with Crippen molar-refractivity contribution < 1.29 is 9.53 Å². The van der Waals surface area contributed by atoms with Crippen LogP contribution in [-0.2, 0) is 22.5 Å². The number of nitrogens with one attached hydrogen (secondary N) is 1. The average molecular weight is 297 g/mol. The van der Waals surface area contributed by atoms with Gasteiger partial charge in [0.05, 0.1) is 25.3 Å². The summed E-state index contributed by atoms with van der Waals surface area (Å²) >= 11 is 3.14. The molecule has 0 spiro atoms. The maximum Gasteiger partial charge on any atom is 0.311 e. The van der Waals surface area contributed by atoms with Gasteiger partial charge in [0, 0.05) is 16.5 Å². The smallest absolute Gasteiger partial charge is 0.311 e. The summed E-state index contributed by atoms with van der Waals surface area (Å²) < 4.78 is 4.88. The van der Waals surface area contributed by atoms with Gasteiger partial charge in [0.15, 0.2) is 5.13 Å². The van der Waals surface area contributed by atoms with Crippen molar-refractivity contribution in [3.63, 3.8) is 0 Å². The second-order valence-corrected chi connectivity index (χ2v) is 6.02. The molecule has 2 aromatic rings. The topological polar surface area (TPSA) is 64.1 Å². The Morgan fingerprint density at radius 2 is 2.37 bits per heavy atom. The molecule has 0 saturated heterocycles. The summed E-state index contributed by atoms with van der Waals surface area (Å²) in [6.45, 7) is 4.88. The van der Waals surface area contributed by atoms with Gasteiger partial charge in [-0.3, -0.25) is 4.79 Å². The number of rotatable bonds is 6. The zero-order valence-electron chi connectivity index (χ0n) is 10.8. The second-order valence-electron chi connectivity index (χ2n) is 3.84. The van der Waals surface area contributed by atoms with Crippen LogP contribution >= 0.6 is 22.7 Å². The summed E-state index contributed by atoms with van der Waals surface area (Å²) in [6, 6.07) is 0. The largest absolute Gasteiger partial charge is 0.466 e. The fourth-order valence-electron chi connectivity index (χ4n) is 1.46. The molecule has 0 aliphatic rings. The molecule has 0 saturated carbocycles. The predicted octanol–water partition coefficient (Wildman–Crippen LogP) is 2.63. The molecule has 1 N–H and O–H groups in total. The highest BCUT2D eigenvalue weighted by Crippen LogP contribution is 2.18. The summed E-state index contributed by atoms with van der Waals surface area (Å²) in [5, 5.41) is 6.90. The van der Waals surface area contributed by atoms with Crippen LogP contribution in [-0.4, -0.2) is 22.5 Å². The summed E-state index contributed by atoms with van der Waals surface area (Å²) in [4.78, 5) is 21.1. The number of carbonyl (C=O) groups excluding carboxylic acids is 1. The van der Waals surface area contributed by atoms with Gasteiger partial charge in [0.1, 0.15) is 5.01 Å². The number of carbonyl (C=O) groups is 1. The molecule has 0 fully saturated rings. The van der Waals surface area contributed by atoms with E-state index >= 15 is 0 Å². The number of ether oxygens (including phenoxy) is 1. The second kappa shape index (κ2) is 6.63. The maximum absolute atomic E-state index is 11.3. The Morgan fingerprint density at radius 1 is 1.53 bits per heavy atom. The molecule has 0 radical (unpaired) electrons. The number of thiazole rings is 2. The first kappa shape index (κ1) is 14.0. The molecule has 0 atom stereocenters. The van der Waals surface area contributed by atoms with Gasteiger partial charge in [-0.25, -0.2) is 9.97 Å². The average Bonchev–Trinajstić information content (AvgIpc) is 2.96. The van der Waals surface area contributed by atoms with E-state index in [9.17, 15) is 4.79 Å². The molecule has 0 amide bonds. The minimum Gasteiger partial charge on any atom is -0.466 e. The van der Waals surface area contributed by atoms with Gasteiger partial charge in [-0.05, 0) is 13.8 Å². The molecule has 2 rings (SSSR count). The summed E-state index contributed by atoms with van der Waals surface area (Å²) in [6.07, 6.45) is 2.08. The van der Waals surface area contributed by atoms with Gasteiger partial charge in [-0.2, -0.15) is 0 Å². The first-order valence-corrected chi connectivity index (χ1v) is 7.62. The van der Waals surface area contributed by atoms with Crippen LogP contribution in [0.25, 0.3) is 0 Å². The molecular formula is C12H15N3O2S2. The van der Waals surface area contributed by atoms with E-state index in [2.05, 4.69) is 15.3 Å². The van der Waals surface area contributed by atoms with Crippen LogP contribution < -0.4 is 5.32 Å². The first-order chi connectivity index (χ1) is 9.17. The molecule has 5 nitrogen and oxygen atoms in total. The van der Waals surface area contributed by atoms with Gasteiger partial charge < -0.3 is 10.1 Å². The van der Waals surface area contributed by atoms with Gasteiger partial charge in [0.2, 0.25) is 0 Å². The molecule has 2 aromatic heterocycles. The van der Waals surface area contributed by atoms with E-state index in [1.54, 1.807) is 18.3 Å². The summed E-state index contributed by atoms with van der Waals surface area (Å²) in [5.74, 6) is -0.241.